The number of hydrogen-bond acceptors (Lipinski definition) is 4. The molecule has 2 atom stereocenters. The van der Waals surface area contributed by atoms with Crippen molar-refractivity contribution in [3.8, 4) is 0 Å². The van der Waals surface area contributed by atoms with Crippen LogP contribution in [0.2, 0.25) is 13.3 Å². The van der Waals surface area contributed by atoms with Crippen molar-refractivity contribution >= 4 is 35.8 Å². The first-order valence-electron chi connectivity index (χ1n) is 10.9. The van der Waals surface area contributed by atoms with Crippen molar-refractivity contribution in [2.45, 2.75) is 102 Å². The van der Waals surface area contributed by atoms with Crippen LogP contribution >= 0.6 is 12.2 Å². The van der Waals surface area contributed by atoms with Gasteiger partial charge in [0.1, 0.15) is 0 Å². The van der Waals surface area contributed by atoms with Gasteiger partial charge in [0.15, 0.2) is 0 Å². The molecule has 160 valence electrons. The second-order valence-corrected chi connectivity index (χ2v) is 22.8. The van der Waals surface area contributed by atoms with Crippen molar-refractivity contribution in [3.05, 3.63) is 0 Å². The molecule has 0 saturated carbocycles. The SMILES string of the molecule is CCC[CH2][Sn]([CH2]CCC)([CH2]CCC)[C@H](OC(=S)N(C)C)[C@H]1COC(C)(C)O1. The van der Waals surface area contributed by atoms with E-state index in [2.05, 4.69) is 20.8 Å². The molecule has 0 N–H and O–H groups in total. The van der Waals surface area contributed by atoms with E-state index in [1.54, 1.807) is 0 Å². The number of ether oxygens (including phenoxy) is 3. The molecule has 0 bridgehead atoms. The van der Waals surface area contributed by atoms with Gasteiger partial charge in [-0.05, 0) is 0 Å². The molecule has 0 spiro atoms. The van der Waals surface area contributed by atoms with Crippen LogP contribution in [0, 0.1) is 0 Å². The summed E-state index contributed by atoms with van der Waals surface area (Å²) >= 11 is 2.88. The first kappa shape index (κ1) is 25.4. The summed E-state index contributed by atoms with van der Waals surface area (Å²) in [6.45, 7) is 11.5. The van der Waals surface area contributed by atoms with Crippen molar-refractivity contribution < 1.29 is 14.2 Å². The minimum atomic E-state index is -2.71. The molecule has 1 aliphatic heterocycles. The van der Waals surface area contributed by atoms with Crippen molar-refractivity contribution in [2.75, 3.05) is 20.7 Å². The van der Waals surface area contributed by atoms with Gasteiger partial charge in [-0.3, -0.25) is 0 Å². The molecule has 0 aliphatic carbocycles. The van der Waals surface area contributed by atoms with Crippen molar-refractivity contribution in [3.63, 3.8) is 0 Å². The van der Waals surface area contributed by atoms with E-state index in [1.807, 2.05) is 32.8 Å². The molecule has 4 nitrogen and oxygen atoms in total. The Hall–Kier alpha value is 0.409. The fourth-order valence-corrected chi connectivity index (χ4v) is 21.8. The Balaban J connectivity index is 3.23. The fourth-order valence-electron chi connectivity index (χ4n) is 4.06. The summed E-state index contributed by atoms with van der Waals surface area (Å²) in [5.41, 5.74) is 0. The van der Waals surface area contributed by atoms with E-state index in [4.69, 9.17) is 26.4 Å². The molecule has 0 aromatic carbocycles. The van der Waals surface area contributed by atoms with Crippen molar-refractivity contribution in [1.82, 2.24) is 4.90 Å². The maximum absolute atomic E-state index is 6.59. The first-order valence-corrected chi connectivity index (χ1v) is 19.0. The second-order valence-electron chi connectivity index (χ2n) is 8.74. The van der Waals surface area contributed by atoms with Gasteiger partial charge < -0.3 is 0 Å². The Morgan fingerprint density at radius 3 is 1.89 bits per heavy atom. The third-order valence-electron chi connectivity index (χ3n) is 5.65. The molecule has 0 amide bonds. The predicted octanol–water partition coefficient (Wildman–Crippen LogP) is 5.76. The Morgan fingerprint density at radius 1 is 1.07 bits per heavy atom. The molecule has 1 heterocycles. The zero-order valence-corrected chi connectivity index (χ0v) is 22.5. The monoisotopic (exact) mass is 509 g/mol. The van der Waals surface area contributed by atoms with Gasteiger partial charge in [0.25, 0.3) is 0 Å². The molecule has 1 saturated heterocycles. The summed E-state index contributed by atoms with van der Waals surface area (Å²) < 4.78 is 23.2. The summed E-state index contributed by atoms with van der Waals surface area (Å²) in [6.07, 6.45) is 7.65. The van der Waals surface area contributed by atoms with E-state index >= 15 is 0 Å². The molecule has 27 heavy (non-hydrogen) atoms. The topological polar surface area (TPSA) is 30.9 Å². The van der Waals surface area contributed by atoms with Gasteiger partial charge in [0.05, 0.1) is 0 Å². The van der Waals surface area contributed by atoms with Crippen LogP contribution in [0.1, 0.15) is 73.1 Å². The van der Waals surface area contributed by atoms with E-state index in [-0.39, 0.29) is 10.2 Å². The Morgan fingerprint density at radius 2 is 1.56 bits per heavy atom. The Labute approximate surface area is 177 Å². The summed E-state index contributed by atoms with van der Waals surface area (Å²) in [5, 5.41) is 0.596. The molecular formula is C21H43NO3SSn. The van der Waals surface area contributed by atoms with E-state index in [9.17, 15) is 0 Å². The van der Waals surface area contributed by atoms with Crippen molar-refractivity contribution in [1.29, 1.82) is 0 Å². The fraction of sp³-hybridized carbons (Fsp3) is 0.952. The molecule has 1 fully saturated rings. The van der Waals surface area contributed by atoms with Gasteiger partial charge in [-0.2, -0.15) is 0 Å². The zero-order chi connectivity index (χ0) is 20.5. The average molecular weight is 508 g/mol. The molecule has 0 aromatic rings. The summed E-state index contributed by atoms with van der Waals surface area (Å²) in [4.78, 5) is 1.92. The van der Waals surface area contributed by atoms with Gasteiger partial charge in [0, 0.05) is 0 Å². The van der Waals surface area contributed by atoms with Crippen LogP contribution in [0.25, 0.3) is 0 Å². The van der Waals surface area contributed by atoms with Gasteiger partial charge in [-0.25, -0.2) is 0 Å². The molecule has 1 aliphatic rings. The molecule has 6 heteroatoms. The molecule has 0 aromatic heterocycles. The number of thiocarbonyl (C=S) groups is 1. The number of unbranched alkanes of at least 4 members (excludes halogenated alkanes) is 3. The number of hydrogen-bond donors (Lipinski definition) is 0. The first-order chi connectivity index (χ1) is 12.7. The van der Waals surface area contributed by atoms with Crippen LogP contribution in [-0.2, 0) is 14.2 Å². The third-order valence-corrected chi connectivity index (χ3v) is 22.5. The Bertz CT molecular complexity index is 423. The summed E-state index contributed by atoms with van der Waals surface area (Å²) in [7, 11) is 3.94. The van der Waals surface area contributed by atoms with Crippen LogP contribution < -0.4 is 0 Å². The maximum atomic E-state index is 6.59. The summed E-state index contributed by atoms with van der Waals surface area (Å²) in [6, 6.07) is 0. The van der Waals surface area contributed by atoms with E-state index in [0.717, 1.165) is 0 Å². The van der Waals surface area contributed by atoms with Crippen LogP contribution in [-0.4, -0.2) is 65.2 Å². The number of rotatable bonds is 12. The Kier molecular flexibility index (Phi) is 11.5. The van der Waals surface area contributed by atoms with E-state index in [1.165, 1.54) is 51.8 Å². The standard InChI is InChI=1S/C9H16NO3S.3C4H9.Sn/c1-9(2)12-6-7(13-9)5-11-8(14)10(3)4;3*1-3-4-2;/h5,7H,6H2,1-4H3;3*1,3-4H2,2H3;/t7-;;;;/m0..../s1. The summed E-state index contributed by atoms with van der Waals surface area (Å²) in [5.74, 6) is -0.524. The van der Waals surface area contributed by atoms with Gasteiger partial charge in [0.2, 0.25) is 0 Å². The molecule has 1 rings (SSSR count). The van der Waals surface area contributed by atoms with E-state index in [0.29, 0.717) is 11.8 Å². The van der Waals surface area contributed by atoms with E-state index < -0.39 is 24.2 Å². The van der Waals surface area contributed by atoms with Gasteiger partial charge in [-0.15, -0.1) is 0 Å². The van der Waals surface area contributed by atoms with Crippen LogP contribution in [0.5, 0.6) is 0 Å². The minimum absolute atomic E-state index is 0.0132. The normalized spacial score (nSPS) is 20.5. The average Bonchev–Trinajstić information content (AvgIpc) is 2.98. The van der Waals surface area contributed by atoms with Crippen LogP contribution in [0.3, 0.4) is 0 Å². The van der Waals surface area contributed by atoms with Crippen LogP contribution in [0.15, 0.2) is 0 Å². The van der Waals surface area contributed by atoms with Gasteiger partial charge in [-0.1, -0.05) is 0 Å². The third kappa shape index (κ3) is 7.98. The zero-order valence-electron chi connectivity index (χ0n) is 18.8. The van der Waals surface area contributed by atoms with Crippen LogP contribution in [0.4, 0.5) is 0 Å². The quantitative estimate of drug-likeness (QED) is 0.247. The molecular weight excluding hydrogens is 465 g/mol. The number of nitrogens with zero attached hydrogens (tertiary/aromatic N) is 1. The molecule has 0 unspecified atom stereocenters. The second kappa shape index (κ2) is 12.2. The predicted molar refractivity (Wildman–Crippen MR) is 121 cm³/mol. The molecule has 0 radical (unpaired) electrons. The van der Waals surface area contributed by atoms with Crippen molar-refractivity contribution in [2.24, 2.45) is 0 Å². The van der Waals surface area contributed by atoms with Gasteiger partial charge >= 0.3 is 178 Å².